The Morgan fingerprint density at radius 2 is 1.88 bits per heavy atom. The van der Waals surface area contributed by atoms with E-state index in [4.69, 9.17) is 4.42 Å². The Hall–Kier alpha value is -2.86. The summed E-state index contributed by atoms with van der Waals surface area (Å²) in [4.78, 5) is 20.9. The van der Waals surface area contributed by atoms with Gasteiger partial charge >= 0.3 is 0 Å². The minimum atomic E-state index is -0.0470. The van der Waals surface area contributed by atoms with Crippen LogP contribution in [0.3, 0.4) is 0 Å². The molecule has 0 aliphatic rings. The summed E-state index contributed by atoms with van der Waals surface area (Å²) in [5, 5.41) is 4.63. The van der Waals surface area contributed by atoms with Crippen LogP contribution in [0.15, 0.2) is 70.4 Å². The number of thioether (sulfide) groups is 1. The fourth-order valence-corrected chi connectivity index (χ4v) is 3.59. The summed E-state index contributed by atoms with van der Waals surface area (Å²) in [7, 11) is 0. The molecule has 1 atom stereocenters. The van der Waals surface area contributed by atoms with Crippen LogP contribution in [0.4, 0.5) is 0 Å². The molecule has 4 aromatic rings. The van der Waals surface area contributed by atoms with Crippen molar-refractivity contribution in [2.24, 2.45) is 0 Å². The zero-order valence-corrected chi connectivity index (χ0v) is 15.0. The molecule has 0 fully saturated rings. The highest BCUT2D eigenvalue weighted by Crippen LogP contribution is 2.32. The maximum atomic E-state index is 12.3. The summed E-state index contributed by atoms with van der Waals surface area (Å²) in [6, 6.07) is 17.6. The molecule has 0 aliphatic carbocycles. The number of hydrogen-bond donors (Lipinski definition) is 1. The van der Waals surface area contributed by atoms with Gasteiger partial charge in [-0.25, -0.2) is 9.97 Å². The van der Waals surface area contributed by atoms with Crippen LogP contribution >= 0.6 is 11.8 Å². The van der Waals surface area contributed by atoms with Crippen molar-refractivity contribution in [1.29, 1.82) is 0 Å². The molecule has 26 heavy (non-hydrogen) atoms. The summed E-state index contributed by atoms with van der Waals surface area (Å²) in [6.45, 7) is 1.97. The van der Waals surface area contributed by atoms with Crippen molar-refractivity contribution in [3.8, 4) is 0 Å². The molecular formula is C20H17N3O2S. The van der Waals surface area contributed by atoms with Gasteiger partial charge in [0, 0.05) is 5.39 Å². The number of carbonyl (C=O) groups excluding carboxylic acids is 1. The van der Waals surface area contributed by atoms with E-state index in [1.807, 2.05) is 61.5 Å². The normalized spacial score (nSPS) is 12.3. The molecule has 130 valence electrons. The topological polar surface area (TPSA) is 68.0 Å². The first-order valence-electron chi connectivity index (χ1n) is 8.32. The van der Waals surface area contributed by atoms with E-state index in [1.54, 1.807) is 0 Å². The highest BCUT2D eigenvalue weighted by Gasteiger charge is 2.15. The highest BCUT2D eigenvalue weighted by atomic mass is 32.2. The van der Waals surface area contributed by atoms with Crippen LogP contribution < -0.4 is 5.32 Å². The smallest absolute Gasteiger partial charge is 0.230 e. The van der Waals surface area contributed by atoms with E-state index in [-0.39, 0.29) is 17.7 Å². The summed E-state index contributed by atoms with van der Waals surface area (Å²) in [5.74, 6) is 0.217. The largest absolute Gasteiger partial charge is 0.451 e. The van der Waals surface area contributed by atoms with Crippen LogP contribution in [-0.2, 0) is 4.79 Å². The number of amides is 1. The quantitative estimate of drug-likeness (QED) is 0.422. The third kappa shape index (κ3) is 3.28. The Kier molecular flexibility index (Phi) is 4.58. The van der Waals surface area contributed by atoms with E-state index >= 15 is 0 Å². The van der Waals surface area contributed by atoms with E-state index in [0.29, 0.717) is 10.6 Å². The number of carbonyl (C=O) groups is 1. The number of benzene rings is 2. The van der Waals surface area contributed by atoms with Crippen molar-refractivity contribution in [2.45, 2.75) is 18.0 Å². The minimum absolute atomic E-state index is 0.0408. The number of aromatic nitrogens is 2. The van der Waals surface area contributed by atoms with Crippen LogP contribution in [0.2, 0.25) is 0 Å². The predicted molar refractivity (Wildman–Crippen MR) is 103 cm³/mol. The van der Waals surface area contributed by atoms with E-state index in [0.717, 1.165) is 22.0 Å². The van der Waals surface area contributed by atoms with Crippen molar-refractivity contribution < 1.29 is 9.21 Å². The van der Waals surface area contributed by atoms with Gasteiger partial charge in [-0.05, 0) is 24.6 Å². The number of rotatable bonds is 5. The maximum Gasteiger partial charge on any atom is 0.230 e. The lowest BCUT2D eigenvalue weighted by Gasteiger charge is -2.13. The SMILES string of the molecule is CC(NC(=O)CSc1ncnc2c1oc1ccccc12)c1ccccc1. The maximum absolute atomic E-state index is 12.3. The second kappa shape index (κ2) is 7.17. The highest BCUT2D eigenvalue weighted by molar-refractivity contribution is 8.00. The molecule has 1 unspecified atom stereocenters. The zero-order chi connectivity index (χ0) is 17.9. The average molecular weight is 363 g/mol. The van der Waals surface area contributed by atoms with Crippen LogP contribution in [0.1, 0.15) is 18.5 Å². The molecule has 2 aromatic carbocycles. The van der Waals surface area contributed by atoms with Gasteiger partial charge in [-0.2, -0.15) is 0 Å². The van der Waals surface area contributed by atoms with Crippen molar-refractivity contribution in [2.75, 3.05) is 5.75 Å². The molecule has 0 saturated heterocycles. The van der Waals surface area contributed by atoms with Crippen LogP contribution in [0.25, 0.3) is 22.1 Å². The van der Waals surface area contributed by atoms with E-state index in [2.05, 4.69) is 15.3 Å². The molecule has 0 aliphatic heterocycles. The third-order valence-corrected chi connectivity index (χ3v) is 5.11. The van der Waals surface area contributed by atoms with Crippen molar-refractivity contribution in [3.63, 3.8) is 0 Å². The van der Waals surface area contributed by atoms with Gasteiger partial charge in [-0.3, -0.25) is 4.79 Å². The lowest BCUT2D eigenvalue weighted by atomic mass is 10.1. The summed E-state index contributed by atoms with van der Waals surface area (Å²) >= 11 is 1.35. The summed E-state index contributed by atoms with van der Waals surface area (Å²) in [5.41, 5.74) is 3.25. The monoisotopic (exact) mass is 363 g/mol. The van der Waals surface area contributed by atoms with Gasteiger partial charge in [-0.1, -0.05) is 54.2 Å². The molecule has 6 heteroatoms. The zero-order valence-electron chi connectivity index (χ0n) is 14.2. The Labute approximate surface area is 154 Å². The fraction of sp³-hybridized carbons (Fsp3) is 0.150. The minimum Gasteiger partial charge on any atom is -0.451 e. The van der Waals surface area contributed by atoms with Gasteiger partial charge in [0.15, 0.2) is 5.58 Å². The summed E-state index contributed by atoms with van der Waals surface area (Å²) in [6.07, 6.45) is 1.51. The number of nitrogens with one attached hydrogen (secondary N) is 1. The third-order valence-electron chi connectivity index (χ3n) is 4.14. The number of fused-ring (bicyclic) bond motifs is 3. The Bertz CT molecular complexity index is 1060. The lowest BCUT2D eigenvalue weighted by Crippen LogP contribution is -2.28. The molecule has 2 aromatic heterocycles. The van der Waals surface area contributed by atoms with Gasteiger partial charge in [0.2, 0.25) is 5.91 Å². The molecule has 5 nitrogen and oxygen atoms in total. The summed E-state index contributed by atoms with van der Waals surface area (Å²) < 4.78 is 5.89. The first-order valence-corrected chi connectivity index (χ1v) is 9.30. The Morgan fingerprint density at radius 3 is 2.73 bits per heavy atom. The second-order valence-corrected chi connectivity index (χ2v) is 6.91. The molecular weight excluding hydrogens is 346 g/mol. The number of nitrogens with zero attached hydrogens (tertiary/aromatic N) is 2. The van der Waals surface area contributed by atoms with E-state index in [1.165, 1.54) is 18.1 Å². The molecule has 0 spiro atoms. The van der Waals surface area contributed by atoms with Crippen LogP contribution in [0, 0.1) is 0 Å². The first kappa shape index (κ1) is 16.6. The molecule has 2 heterocycles. The second-order valence-electron chi connectivity index (χ2n) is 5.94. The molecule has 0 radical (unpaired) electrons. The van der Waals surface area contributed by atoms with Gasteiger partial charge in [0.05, 0.1) is 11.8 Å². The number of hydrogen-bond acceptors (Lipinski definition) is 5. The number of furan rings is 1. The molecule has 1 amide bonds. The lowest BCUT2D eigenvalue weighted by molar-refractivity contribution is -0.119. The molecule has 0 bridgehead atoms. The van der Waals surface area contributed by atoms with Gasteiger partial charge in [-0.15, -0.1) is 0 Å². The molecule has 4 rings (SSSR count). The Balaban J connectivity index is 1.48. The first-order chi connectivity index (χ1) is 12.7. The fourth-order valence-electron chi connectivity index (χ4n) is 2.85. The van der Waals surface area contributed by atoms with Gasteiger partial charge < -0.3 is 9.73 Å². The van der Waals surface area contributed by atoms with Gasteiger partial charge in [0.25, 0.3) is 0 Å². The molecule has 0 saturated carbocycles. The Morgan fingerprint density at radius 1 is 1.12 bits per heavy atom. The number of para-hydroxylation sites is 1. The van der Waals surface area contributed by atoms with Crippen molar-refractivity contribution >= 4 is 39.7 Å². The van der Waals surface area contributed by atoms with E-state index in [9.17, 15) is 4.79 Å². The molecule has 1 N–H and O–H groups in total. The predicted octanol–water partition coefficient (Wildman–Crippen LogP) is 4.35. The van der Waals surface area contributed by atoms with Crippen LogP contribution in [0.5, 0.6) is 0 Å². The van der Waals surface area contributed by atoms with Crippen LogP contribution in [-0.4, -0.2) is 21.6 Å². The van der Waals surface area contributed by atoms with Gasteiger partial charge in [0.1, 0.15) is 22.5 Å². The van der Waals surface area contributed by atoms with E-state index < -0.39 is 0 Å². The average Bonchev–Trinajstić information content (AvgIpc) is 3.06. The van der Waals surface area contributed by atoms with Crippen molar-refractivity contribution in [1.82, 2.24) is 15.3 Å². The standard InChI is InChI=1S/C20H17N3O2S/c1-13(14-7-3-2-4-8-14)23-17(24)11-26-20-19-18(21-12-22-20)15-9-5-6-10-16(15)25-19/h2-10,12-13H,11H2,1H3,(H,23,24). The van der Waals surface area contributed by atoms with Crippen molar-refractivity contribution in [3.05, 3.63) is 66.5 Å².